The SMILES string of the molecule is CC(=O)[C@@H]1CC[C@H]2[C@H](CCC3=CC(=O)CC[C@H]32)C1. The third-order valence-corrected chi connectivity index (χ3v) is 5.46. The summed E-state index contributed by atoms with van der Waals surface area (Å²) in [6.45, 7) is 1.75. The summed E-state index contributed by atoms with van der Waals surface area (Å²) >= 11 is 0. The molecule has 2 fully saturated rings. The van der Waals surface area contributed by atoms with Crippen LogP contribution in [0.5, 0.6) is 0 Å². The zero-order chi connectivity index (χ0) is 12.7. The molecule has 0 saturated heterocycles. The minimum absolute atomic E-state index is 0.321. The number of Topliss-reactive ketones (excluding diaryl/α,β-unsaturated/α-hetero) is 1. The fourth-order valence-corrected chi connectivity index (χ4v) is 4.49. The summed E-state index contributed by atoms with van der Waals surface area (Å²) in [4.78, 5) is 23.0. The first-order valence-corrected chi connectivity index (χ1v) is 7.39. The van der Waals surface area contributed by atoms with Gasteiger partial charge in [-0.15, -0.1) is 0 Å². The van der Waals surface area contributed by atoms with Gasteiger partial charge in [0.2, 0.25) is 0 Å². The molecule has 2 heteroatoms. The number of ketones is 2. The molecule has 0 N–H and O–H groups in total. The van der Waals surface area contributed by atoms with E-state index >= 15 is 0 Å². The molecule has 2 saturated carbocycles. The molecule has 3 aliphatic rings. The molecule has 3 aliphatic carbocycles. The lowest BCUT2D eigenvalue weighted by molar-refractivity contribution is -0.123. The van der Waals surface area contributed by atoms with Gasteiger partial charge < -0.3 is 0 Å². The average molecular weight is 246 g/mol. The monoisotopic (exact) mass is 246 g/mol. The molecule has 0 amide bonds. The van der Waals surface area contributed by atoms with E-state index < -0.39 is 0 Å². The molecular weight excluding hydrogens is 224 g/mol. The molecule has 0 radical (unpaired) electrons. The largest absolute Gasteiger partial charge is 0.300 e. The average Bonchev–Trinajstić information content (AvgIpc) is 2.37. The molecule has 98 valence electrons. The Hall–Kier alpha value is -0.920. The number of fused-ring (bicyclic) bond motifs is 3. The summed E-state index contributed by atoms with van der Waals surface area (Å²) < 4.78 is 0. The zero-order valence-corrected chi connectivity index (χ0v) is 11.2. The molecule has 0 aromatic carbocycles. The lowest BCUT2D eigenvalue weighted by Gasteiger charge is -2.45. The number of allylic oxidation sites excluding steroid dienone is 2. The first kappa shape index (κ1) is 12.1. The quantitative estimate of drug-likeness (QED) is 0.711. The Bertz CT molecular complexity index is 407. The molecular formula is C16H22O2. The third kappa shape index (κ3) is 2.06. The summed E-state index contributed by atoms with van der Waals surface area (Å²) in [5.41, 5.74) is 1.42. The van der Waals surface area contributed by atoms with Crippen LogP contribution in [0.25, 0.3) is 0 Å². The van der Waals surface area contributed by atoms with Crippen molar-refractivity contribution in [2.75, 3.05) is 0 Å². The molecule has 2 nitrogen and oxygen atoms in total. The van der Waals surface area contributed by atoms with Crippen LogP contribution in [0.3, 0.4) is 0 Å². The summed E-state index contributed by atoms with van der Waals surface area (Å²) in [6.07, 6.45) is 9.43. The molecule has 0 aliphatic heterocycles. The maximum atomic E-state index is 11.5. The molecule has 0 spiro atoms. The van der Waals surface area contributed by atoms with Crippen LogP contribution in [0.4, 0.5) is 0 Å². The van der Waals surface area contributed by atoms with Crippen molar-refractivity contribution >= 4 is 11.6 Å². The maximum absolute atomic E-state index is 11.5. The van der Waals surface area contributed by atoms with Gasteiger partial charge in [-0.2, -0.15) is 0 Å². The molecule has 18 heavy (non-hydrogen) atoms. The molecule has 3 rings (SSSR count). The number of hydrogen-bond donors (Lipinski definition) is 0. The van der Waals surface area contributed by atoms with Gasteiger partial charge >= 0.3 is 0 Å². The summed E-state index contributed by atoms with van der Waals surface area (Å²) in [6, 6.07) is 0. The lowest BCUT2D eigenvalue weighted by atomic mass is 9.59. The van der Waals surface area contributed by atoms with E-state index in [1.54, 1.807) is 6.92 Å². The number of carbonyl (C=O) groups is 2. The van der Waals surface area contributed by atoms with Crippen LogP contribution in [0.2, 0.25) is 0 Å². The predicted molar refractivity (Wildman–Crippen MR) is 70.1 cm³/mol. The van der Waals surface area contributed by atoms with E-state index in [9.17, 15) is 9.59 Å². The molecule has 0 heterocycles. The topological polar surface area (TPSA) is 34.1 Å². The molecule has 0 aromatic rings. The van der Waals surface area contributed by atoms with Crippen LogP contribution >= 0.6 is 0 Å². The molecule has 0 bridgehead atoms. The normalized spacial score (nSPS) is 39.6. The minimum atomic E-state index is 0.321. The van der Waals surface area contributed by atoms with Gasteiger partial charge in [0.15, 0.2) is 5.78 Å². The highest BCUT2D eigenvalue weighted by Gasteiger charge is 2.41. The fraction of sp³-hybridized carbons (Fsp3) is 0.750. The predicted octanol–water partition coefficient (Wildman–Crippen LogP) is 3.31. The fourth-order valence-electron chi connectivity index (χ4n) is 4.49. The number of carbonyl (C=O) groups excluding carboxylic acids is 2. The van der Waals surface area contributed by atoms with Gasteiger partial charge in [-0.3, -0.25) is 9.59 Å². The van der Waals surface area contributed by atoms with Crippen LogP contribution in [0, 0.1) is 23.7 Å². The van der Waals surface area contributed by atoms with Crippen LogP contribution in [-0.2, 0) is 9.59 Å². The Morgan fingerprint density at radius 3 is 2.78 bits per heavy atom. The highest BCUT2D eigenvalue weighted by Crippen LogP contribution is 2.50. The second kappa shape index (κ2) is 4.64. The van der Waals surface area contributed by atoms with Crippen molar-refractivity contribution < 1.29 is 9.59 Å². The highest BCUT2D eigenvalue weighted by molar-refractivity contribution is 5.91. The van der Waals surface area contributed by atoms with E-state index in [4.69, 9.17) is 0 Å². The van der Waals surface area contributed by atoms with Crippen molar-refractivity contribution in [1.82, 2.24) is 0 Å². The van der Waals surface area contributed by atoms with E-state index in [0.29, 0.717) is 23.4 Å². The number of hydrogen-bond acceptors (Lipinski definition) is 2. The van der Waals surface area contributed by atoms with Crippen molar-refractivity contribution in [2.24, 2.45) is 23.7 Å². The summed E-state index contributed by atoms with van der Waals surface area (Å²) in [5, 5.41) is 0. The van der Waals surface area contributed by atoms with E-state index in [1.807, 2.05) is 6.08 Å². The van der Waals surface area contributed by atoms with Gasteiger partial charge in [0.05, 0.1) is 0 Å². The Kier molecular flexibility index (Phi) is 3.13. The Morgan fingerprint density at radius 2 is 2.00 bits per heavy atom. The summed E-state index contributed by atoms with van der Waals surface area (Å²) in [5.74, 6) is 3.19. The molecule has 0 aromatic heterocycles. The van der Waals surface area contributed by atoms with E-state index in [0.717, 1.165) is 43.9 Å². The third-order valence-electron chi connectivity index (χ3n) is 5.46. The van der Waals surface area contributed by atoms with Crippen LogP contribution in [-0.4, -0.2) is 11.6 Å². The van der Waals surface area contributed by atoms with Gasteiger partial charge in [0.1, 0.15) is 5.78 Å². The van der Waals surface area contributed by atoms with Gasteiger partial charge in [-0.25, -0.2) is 0 Å². The van der Waals surface area contributed by atoms with Crippen LogP contribution in [0.1, 0.15) is 51.9 Å². The summed E-state index contributed by atoms with van der Waals surface area (Å²) in [7, 11) is 0. The van der Waals surface area contributed by atoms with E-state index in [1.165, 1.54) is 18.4 Å². The highest BCUT2D eigenvalue weighted by atomic mass is 16.1. The first-order chi connectivity index (χ1) is 8.65. The van der Waals surface area contributed by atoms with Gasteiger partial charge in [0.25, 0.3) is 0 Å². The first-order valence-electron chi connectivity index (χ1n) is 7.39. The Morgan fingerprint density at radius 1 is 1.17 bits per heavy atom. The standard InChI is InChI=1S/C16H22O2/c1-10(17)11-4-6-15-12(8-11)2-3-13-9-14(18)5-7-16(13)15/h9,11-12,15-16H,2-8H2,1H3/t11-,12-,15+,16-/m1/s1. The molecule has 4 atom stereocenters. The second-order valence-electron chi connectivity index (χ2n) is 6.41. The second-order valence-corrected chi connectivity index (χ2v) is 6.41. The number of rotatable bonds is 1. The maximum Gasteiger partial charge on any atom is 0.155 e. The van der Waals surface area contributed by atoms with Crippen molar-refractivity contribution in [2.45, 2.75) is 51.9 Å². The Balaban J connectivity index is 1.76. The van der Waals surface area contributed by atoms with Crippen molar-refractivity contribution in [1.29, 1.82) is 0 Å². The smallest absolute Gasteiger partial charge is 0.155 e. The van der Waals surface area contributed by atoms with E-state index in [-0.39, 0.29) is 0 Å². The van der Waals surface area contributed by atoms with Gasteiger partial charge in [-0.05, 0) is 69.3 Å². The van der Waals surface area contributed by atoms with Gasteiger partial charge in [0, 0.05) is 12.3 Å². The zero-order valence-electron chi connectivity index (χ0n) is 11.2. The Labute approximate surface area is 109 Å². The van der Waals surface area contributed by atoms with Crippen molar-refractivity contribution in [3.8, 4) is 0 Å². The van der Waals surface area contributed by atoms with E-state index in [2.05, 4.69) is 0 Å². The van der Waals surface area contributed by atoms with Crippen molar-refractivity contribution in [3.63, 3.8) is 0 Å². The van der Waals surface area contributed by atoms with Gasteiger partial charge in [-0.1, -0.05) is 5.57 Å². The minimum Gasteiger partial charge on any atom is -0.300 e. The molecule has 0 unspecified atom stereocenters. The van der Waals surface area contributed by atoms with Crippen LogP contribution in [0.15, 0.2) is 11.6 Å². The van der Waals surface area contributed by atoms with Crippen LogP contribution < -0.4 is 0 Å². The van der Waals surface area contributed by atoms with Crippen molar-refractivity contribution in [3.05, 3.63) is 11.6 Å². The lowest BCUT2D eigenvalue weighted by Crippen LogP contribution is -2.38.